The Balaban J connectivity index is 2.24. The fourth-order valence-electron chi connectivity index (χ4n) is 2.09. The number of hydrogen-bond donors (Lipinski definition) is 1. The molecule has 0 aliphatic heterocycles. The lowest BCUT2D eigenvalue weighted by molar-refractivity contribution is 0.0636. The fraction of sp³-hybridized carbons (Fsp3) is 0.571. The average Bonchev–Trinajstić information content (AvgIpc) is 2.95. The molecule has 0 aliphatic carbocycles. The molecule has 0 radical (unpaired) electrons. The van der Waals surface area contributed by atoms with Crippen LogP contribution in [0.5, 0.6) is 0 Å². The molecule has 9 heteroatoms. The molecule has 1 amide bonds. The normalized spacial score (nSPS) is 12.3. The molecule has 8 nitrogen and oxygen atoms in total. The van der Waals surface area contributed by atoms with Gasteiger partial charge in [0, 0.05) is 7.05 Å². The van der Waals surface area contributed by atoms with Gasteiger partial charge < -0.3 is 4.74 Å². The van der Waals surface area contributed by atoms with E-state index < -0.39 is 17.2 Å². The summed E-state index contributed by atoms with van der Waals surface area (Å²) in [6.07, 6.45) is 2.53. The first-order chi connectivity index (χ1) is 10.5. The Kier molecular flexibility index (Phi) is 4.39. The zero-order valence-electron chi connectivity index (χ0n) is 14.1. The van der Waals surface area contributed by atoms with Crippen LogP contribution in [0.3, 0.4) is 0 Å². The Morgan fingerprint density at radius 2 is 1.96 bits per heavy atom. The molecule has 0 bridgehead atoms. The van der Waals surface area contributed by atoms with Crippen molar-refractivity contribution in [2.45, 2.75) is 45.8 Å². The fourth-order valence-corrected chi connectivity index (χ4v) is 2.27. The van der Waals surface area contributed by atoms with Gasteiger partial charge in [-0.25, -0.2) is 9.78 Å². The van der Waals surface area contributed by atoms with Gasteiger partial charge in [-0.15, -0.1) is 0 Å². The van der Waals surface area contributed by atoms with Crippen molar-refractivity contribution in [1.82, 2.24) is 24.5 Å². The van der Waals surface area contributed by atoms with Gasteiger partial charge >= 0.3 is 6.09 Å². The van der Waals surface area contributed by atoms with Gasteiger partial charge in [-0.05, 0) is 34.6 Å². The molecule has 2 aromatic heterocycles. The van der Waals surface area contributed by atoms with E-state index in [4.69, 9.17) is 16.3 Å². The molecule has 2 aromatic rings. The quantitative estimate of drug-likeness (QED) is 0.928. The zero-order chi connectivity index (χ0) is 17.4. The molecule has 0 atom stereocenters. The molecule has 1 N–H and O–H groups in total. The number of ether oxygens (including phenoxy) is 1. The van der Waals surface area contributed by atoms with E-state index in [1.54, 1.807) is 43.4 Å². The van der Waals surface area contributed by atoms with Gasteiger partial charge in [0.2, 0.25) is 0 Å². The number of nitrogens with zero attached hydrogens (tertiary/aromatic N) is 5. The molecule has 0 saturated carbocycles. The van der Waals surface area contributed by atoms with Crippen molar-refractivity contribution in [2.75, 3.05) is 5.32 Å². The molecule has 0 spiro atoms. The first-order valence-electron chi connectivity index (χ1n) is 7.11. The lowest BCUT2D eigenvalue weighted by Crippen LogP contribution is -2.31. The van der Waals surface area contributed by atoms with Gasteiger partial charge in [0.05, 0.1) is 6.20 Å². The molecule has 0 aliphatic rings. The maximum absolute atomic E-state index is 11.9. The third-order valence-corrected chi connectivity index (χ3v) is 3.42. The van der Waals surface area contributed by atoms with Gasteiger partial charge in [-0.3, -0.25) is 14.7 Å². The summed E-state index contributed by atoms with van der Waals surface area (Å²) in [5.74, 6) is 0.709. The number of rotatable bonds is 3. The monoisotopic (exact) mass is 340 g/mol. The minimum Gasteiger partial charge on any atom is -0.444 e. The lowest BCUT2D eigenvalue weighted by Gasteiger charge is -2.23. The predicted octanol–water partition coefficient (Wildman–Crippen LogP) is 2.80. The molecule has 126 valence electrons. The van der Waals surface area contributed by atoms with Crippen LogP contribution in [0.25, 0.3) is 0 Å². The minimum atomic E-state index is -0.594. The summed E-state index contributed by atoms with van der Waals surface area (Å²) in [5.41, 5.74) is -0.816. The Labute approximate surface area is 139 Å². The predicted molar refractivity (Wildman–Crippen MR) is 86.5 cm³/mol. The van der Waals surface area contributed by atoms with Crippen molar-refractivity contribution in [3.05, 3.63) is 23.5 Å². The van der Waals surface area contributed by atoms with Crippen LogP contribution in [-0.2, 0) is 17.3 Å². The highest BCUT2D eigenvalue weighted by Crippen LogP contribution is 2.28. The molecule has 2 heterocycles. The summed E-state index contributed by atoms with van der Waals surface area (Å²) in [5, 5.41) is 11.1. The largest absolute Gasteiger partial charge is 0.444 e. The number of carbonyl (C=O) groups excluding carboxylic acids is 1. The number of amides is 1. The number of hydrogen-bond acceptors (Lipinski definition) is 5. The van der Waals surface area contributed by atoms with Gasteiger partial charge in [0.25, 0.3) is 0 Å². The highest BCUT2D eigenvalue weighted by molar-refractivity contribution is 6.32. The van der Waals surface area contributed by atoms with E-state index in [0.29, 0.717) is 11.5 Å². The Hall–Kier alpha value is -2.09. The number of anilines is 1. The molecule has 0 aromatic carbocycles. The van der Waals surface area contributed by atoms with Crippen LogP contribution >= 0.6 is 11.6 Å². The van der Waals surface area contributed by atoms with Crippen LogP contribution in [0.1, 0.15) is 40.4 Å². The van der Waals surface area contributed by atoms with Crippen molar-refractivity contribution in [3.63, 3.8) is 0 Å². The number of carbonyl (C=O) groups is 1. The first kappa shape index (κ1) is 17.3. The highest BCUT2D eigenvalue weighted by atomic mass is 35.5. The summed E-state index contributed by atoms with van der Waals surface area (Å²) >= 11 is 6.12. The molecular weight excluding hydrogens is 320 g/mol. The molecule has 0 saturated heterocycles. The number of halogens is 1. The van der Waals surface area contributed by atoms with E-state index in [-0.39, 0.29) is 5.15 Å². The van der Waals surface area contributed by atoms with E-state index in [9.17, 15) is 4.79 Å². The Morgan fingerprint density at radius 3 is 2.48 bits per heavy atom. The molecule has 0 fully saturated rings. The Bertz CT molecular complexity index is 713. The van der Waals surface area contributed by atoms with Gasteiger partial charge in [-0.1, -0.05) is 11.6 Å². The SMILES string of the molecule is Cn1ncnc1C(C)(C)n1cc(NC(=O)OC(C)(C)C)c(Cl)n1. The summed E-state index contributed by atoms with van der Waals surface area (Å²) in [6, 6.07) is 0. The molecule has 23 heavy (non-hydrogen) atoms. The minimum absolute atomic E-state index is 0.172. The summed E-state index contributed by atoms with van der Waals surface area (Å²) < 4.78 is 8.50. The third kappa shape index (κ3) is 3.82. The van der Waals surface area contributed by atoms with Gasteiger partial charge in [0.15, 0.2) is 11.0 Å². The maximum Gasteiger partial charge on any atom is 0.412 e. The van der Waals surface area contributed by atoms with E-state index in [0.717, 1.165) is 0 Å². The average molecular weight is 341 g/mol. The smallest absolute Gasteiger partial charge is 0.412 e. The van der Waals surface area contributed by atoms with Crippen LogP contribution in [0.15, 0.2) is 12.5 Å². The van der Waals surface area contributed by atoms with Crippen LogP contribution in [0.4, 0.5) is 10.5 Å². The van der Waals surface area contributed by atoms with Crippen molar-refractivity contribution in [3.8, 4) is 0 Å². The zero-order valence-corrected chi connectivity index (χ0v) is 14.8. The first-order valence-corrected chi connectivity index (χ1v) is 7.48. The topological polar surface area (TPSA) is 86.9 Å². The molecule has 0 unspecified atom stereocenters. The van der Waals surface area contributed by atoms with Crippen molar-refractivity contribution < 1.29 is 9.53 Å². The van der Waals surface area contributed by atoms with E-state index >= 15 is 0 Å². The number of aryl methyl sites for hydroxylation is 1. The van der Waals surface area contributed by atoms with E-state index in [1.807, 2.05) is 13.8 Å². The van der Waals surface area contributed by atoms with Crippen LogP contribution in [-0.4, -0.2) is 36.2 Å². The van der Waals surface area contributed by atoms with Crippen molar-refractivity contribution in [2.24, 2.45) is 7.05 Å². The highest BCUT2D eigenvalue weighted by Gasteiger charge is 2.30. The summed E-state index contributed by atoms with van der Waals surface area (Å²) in [6.45, 7) is 9.22. The number of aromatic nitrogens is 5. The second kappa shape index (κ2) is 5.84. The number of nitrogens with one attached hydrogen (secondary N) is 1. The van der Waals surface area contributed by atoms with Crippen LogP contribution < -0.4 is 5.32 Å². The van der Waals surface area contributed by atoms with Crippen molar-refractivity contribution >= 4 is 23.4 Å². The van der Waals surface area contributed by atoms with Gasteiger partial charge in [-0.2, -0.15) is 10.2 Å². The molecule has 2 rings (SSSR count). The Morgan fingerprint density at radius 1 is 1.30 bits per heavy atom. The van der Waals surface area contributed by atoms with Crippen molar-refractivity contribution in [1.29, 1.82) is 0 Å². The second-order valence-corrected chi connectivity index (χ2v) is 7.03. The molecular formula is C14H21ClN6O2. The van der Waals surface area contributed by atoms with E-state index in [2.05, 4.69) is 20.5 Å². The summed E-state index contributed by atoms with van der Waals surface area (Å²) in [7, 11) is 1.80. The third-order valence-electron chi connectivity index (χ3n) is 3.14. The van der Waals surface area contributed by atoms with E-state index in [1.165, 1.54) is 6.33 Å². The second-order valence-electron chi connectivity index (χ2n) is 6.67. The van der Waals surface area contributed by atoms with Crippen LogP contribution in [0, 0.1) is 0 Å². The van der Waals surface area contributed by atoms with Crippen LogP contribution in [0.2, 0.25) is 5.15 Å². The maximum atomic E-state index is 11.9. The summed E-state index contributed by atoms with van der Waals surface area (Å²) in [4.78, 5) is 16.1. The lowest BCUT2D eigenvalue weighted by atomic mass is 10.1. The van der Waals surface area contributed by atoms with Gasteiger partial charge in [0.1, 0.15) is 23.2 Å². The standard InChI is InChI=1S/C14H21ClN6O2/c1-13(2,3)23-12(22)18-9-7-21(19-10(9)15)14(4,5)11-16-8-17-20(11)6/h7-8H,1-6H3,(H,18,22).